The average molecular weight is 521 g/mol. The van der Waals surface area contributed by atoms with E-state index >= 15 is 0 Å². The van der Waals surface area contributed by atoms with Crippen molar-refractivity contribution in [3.05, 3.63) is 106 Å². The van der Waals surface area contributed by atoms with Crippen molar-refractivity contribution in [3.63, 3.8) is 0 Å². The monoisotopic (exact) mass is 520 g/mol. The van der Waals surface area contributed by atoms with Crippen LogP contribution in [-0.2, 0) is 19.2 Å². The molecule has 3 aromatic carbocycles. The van der Waals surface area contributed by atoms with Crippen LogP contribution < -0.4 is 4.74 Å². The third-order valence-electron chi connectivity index (χ3n) is 5.09. The van der Waals surface area contributed by atoms with Crippen molar-refractivity contribution in [1.82, 2.24) is 0 Å². The molecule has 4 rings (SSSR count). The van der Waals surface area contributed by atoms with Crippen molar-refractivity contribution < 1.29 is 18.3 Å². The van der Waals surface area contributed by atoms with Crippen LogP contribution in [0.25, 0.3) is 4.91 Å². The summed E-state index contributed by atoms with van der Waals surface area (Å²) in [5, 5.41) is 1.24. The van der Waals surface area contributed by atoms with E-state index in [-0.39, 0.29) is 13.2 Å². The van der Waals surface area contributed by atoms with Gasteiger partial charge >= 0.3 is 6.80 Å². The summed E-state index contributed by atoms with van der Waals surface area (Å²) in [7, 11) is 0. The van der Waals surface area contributed by atoms with Gasteiger partial charge in [-0.05, 0) is 61.6 Å². The van der Waals surface area contributed by atoms with Crippen LogP contribution in [0.15, 0.2) is 78.9 Å². The molecule has 172 valence electrons. The van der Waals surface area contributed by atoms with Crippen molar-refractivity contribution in [2.24, 2.45) is 0 Å². The van der Waals surface area contributed by atoms with Crippen LogP contribution in [-0.4, -0.2) is 13.2 Å². The van der Waals surface area contributed by atoms with Crippen LogP contribution in [0, 0.1) is 0 Å². The van der Waals surface area contributed by atoms with Crippen LogP contribution in [0.4, 0.5) is 0 Å². The lowest BCUT2D eigenvalue weighted by Gasteiger charge is -2.38. The Kier molecular flexibility index (Phi) is 7.59. The third-order valence-corrected chi connectivity index (χ3v) is 9.39. The fourth-order valence-corrected chi connectivity index (χ4v) is 7.59. The number of para-hydroxylation sites is 1. The molecule has 0 spiro atoms. The van der Waals surface area contributed by atoms with E-state index in [9.17, 15) is 4.57 Å². The molecule has 0 saturated carbocycles. The maximum atomic E-state index is 13.5. The lowest BCUT2D eigenvalue weighted by molar-refractivity contribution is 0.160. The summed E-state index contributed by atoms with van der Waals surface area (Å²) in [5.41, 5.74) is 1.55. The summed E-state index contributed by atoms with van der Waals surface area (Å²) >= 11 is 13.5. The number of ether oxygens (including phenoxy) is 1. The van der Waals surface area contributed by atoms with Gasteiger partial charge in [-0.2, -0.15) is 0 Å². The molecule has 1 aliphatic heterocycles. The first-order valence-corrected chi connectivity index (χ1v) is 14.2. The van der Waals surface area contributed by atoms with Gasteiger partial charge in [-0.3, -0.25) is 0 Å². The SMILES string of the molecule is CCOP(=O)(OCC)SC1=CC(c2ccc(Cl)cc2)(c2ccc(Cl)cc2)Oc2ccccc21. The Morgan fingerprint density at radius 3 is 1.88 bits per heavy atom. The minimum absolute atomic E-state index is 0.273. The zero-order chi connectivity index (χ0) is 23.5. The zero-order valence-electron chi connectivity index (χ0n) is 18.2. The predicted molar refractivity (Wildman–Crippen MR) is 137 cm³/mol. The van der Waals surface area contributed by atoms with Crippen molar-refractivity contribution in [3.8, 4) is 5.75 Å². The van der Waals surface area contributed by atoms with Gasteiger partial charge in [0.15, 0.2) is 5.60 Å². The Balaban J connectivity index is 1.94. The summed E-state index contributed by atoms with van der Waals surface area (Å²) in [6, 6.07) is 22.7. The van der Waals surface area contributed by atoms with E-state index in [0.29, 0.717) is 15.8 Å². The molecule has 0 unspecified atom stereocenters. The third kappa shape index (κ3) is 5.19. The standard InChI is InChI=1S/C25H23Cl2O4PS/c1-3-29-32(28,30-4-2)33-24-17-25(18-9-13-20(26)14-10-18,19-11-15-21(27)16-12-19)31-23-8-6-5-7-22(23)24/h5-17H,3-4H2,1-2H3. The summed E-state index contributed by atoms with van der Waals surface area (Å²) in [4.78, 5) is 0.743. The molecule has 8 heteroatoms. The Morgan fingerprint density at radius 2 is 1.36 bits per heavy atom. The van der Waals surface area contributed by atoms with Crippen LogP contribution >= 0.6 is 41.4 Å². The van der Waals surface area contributed by atoms with Crippen LogP contribution in [0.5, 0.6) is 5.75 Å². The molecule has 0 aliphatic carbocycles. The molecule has 0 bridgehead atoms. The van der Waals surface area contributed by atoms with Crippen molar-refractivity contribution in [2.75, 3.05) is 13.2 Å². The van der Waals surface area contributed by atoms with Crippen molar-refractivity contribution >= 4 is 46.3 Å². The van der Waals surface area contributed by atoms with E-state index in [4.69, 9.17) is 37.0 Å². The molecule has 4 nitrogen and oxygen atoms in total. The molecule has 0 radical (unpaired) electrons. The summed E-state index contributed by atoms with van der Waals surface area (Å²) < 4.78 is 31.3. The van der Waals surface area contributed by atoms with Gasteiger partial charge < -0.3 is 13.8 Å². The van der Waals surface area contributed by atoms with E-state index in [1.54, 1.807) is 13.8 Å². The van der Waals surface area contributed by atoms with Gasteiger partial charge in [-0.15, -0.1) is 0 Å². The Hall–Kier alpha value is -1.72. The maximum absolute atomic E-state index is 13.5. The topological polar surface area (TPSA) is 44.8 Å². The molecular weight excluding hydrogens is 498 g/mol. The molecule has 1 aliphatic rings. The second kappa shape index (κ2) is 10.3. The Labute approximate surface area is 208 Å². The van der Waals surface area contributed by atoms with Gasteiger partial charge in [-0.25, -0.2) is 4.57 Å². The first kappa shape index (κ1) is 24.4. The molecule has 0 N–H and O–H groups in total. The van der Waals surface area contributed by atoms with E-state index in [1.807, 2.05) is 78.9 Å². The minimum atomic E-state index is -3.45. The van der Waals surface area contributed by atoms with Crippen LogP contribution in [0.3, 0.4) is 0 Å². The smallest absolute Gasteiger partial charge is 0.393 e. The molecule has 3 aromatic rings. The average Bonchev–Trinajstić information content (AvgIpc) is 2.80. The highest BCUT2D eigenvalue weighted by Crippen LogP contribution is 2.67. The second-order valence-corrected chi connectivity index (χ2v) is 12.0. The molecule has 0 atom stereocenters. The number of halogens is 2. The Bertz CT molecular complexity index is 1140. The lowest BCUT2D eigenvalue weighted by Crippen LogP contribution is -2.35. The fourth-order valence-electron chi connectivity index (χ4n) is 3.67. The highest BCUT2D eigenvalue weighted by atomic mass is 35.5. The fraction of sp³-hybridized carbons (Fsp3) is 0.200. The molecule has 33 heavy (non-hydrogen) atoms. The van der Waals surface area contributed by atoms with Gasteiger partial charge in [0.1, 0.15) is 5.75 Å². The van der Waals surface area contributed by atoms with Gasteiger partial charge in [0.25, 0.3) is 0 Å². The highest BCUT2D eigenvalue weighted by Gasteiger charge is 2.41. The summed E-state index contributed by atoms with van der Waals surface area (Å²) in [5.74, 6) is 0.659. The minimum Gasteiger partial charge on any atom is -0.473 e. The number of benzene rings is 3. The number of hydrogen-bond acceptors (Lipinski definition) is 5. The van der Waals surface area contributed by atoms with E-state index in [1.165, 1.54) is 0 Å². The highest BCUT2D eigenvalue weighted by molar-refractivity contribution is 8.59. The number of rotatable bonds is 8. The largest absolute Gasteiger partial charge is 0.473 e. The van der Waals surface area contributed by atoms with Crippen molar-refractivity contribution in [2.45, 2.75) is 19.4 Å². The summed E-state index contributed by atoms with van der Waals surface area (Å²) in [6.45, 7) is 0.690. The van der Waals surface area contributed by atoms with Gasteiger partial charge in [0, 0.05) is 31.6 Å². The molecule has 0 fully saturated rings. The maximum Gasteiger partial charge on any atom is 0.393 e. The van der Waals surface area contributed by atoms with Crippen molar-refractivity contribution in [1.29, 1.82) is 0 Å². The van der Waals surface area contributed by atoms with E-state index in [0.717, 1.165) is 33.0 Å². The number of fused-ring (bicyclic) bond motifs is 1. The first-order valence-electron chi connectivity index (χ1n) is 10.5. The summed E-state index contributed by atoms with van der Waals surface area (Å²) in [6.07, 6.45) is 1.97. The quantitative estimate of drug-likeness (QED) is 0.278. The van der Waals surface area contributed by atoms with Crippen LogP contribution in [0.2, 0.25) is 10.0 Å². The number of hydrogen-bond donors (Lipinski definition) is 0. The van der Waals surface area contributed by atoms with E-state index < -0.39 is 12.4 Å². The normalized spacial score (nSPS) is 14.8. The predicted octanol–water partition coefficient (Wildman–Crippen LogP) is 8.58. The first-order chi connectivity index (χ1) is 15.9. The second-order valence-electron chi connectivity index (χ2n) is 7.23. The molecule has 0 aromatic heterocycles. The van der Waals surface area contributed by atoms with Gasteiger partial charge in [-0.1, -0.05) is 65.7 Å². The Morgan fingerprint density at radius 1 is 0.848 bits per heavy atom. The van der Waals surface area contributed by atoms with Gasteiger partial charge in [0.2, 0.25) is 0 Å². The molecule has 0 saturated heterocycles. The van der Waals surface area contributed by atoms with Crippen LogP contribution in [0.1, 0.15) is 30.5 Å². The molecule has 0 amide bonds. The molecular formula is C25H23Cl2O4PS. The van der Waals surface area contributed by atoms with Gasteiger partial charge in [0.05, 0.1) is 13.2 Å². The zero-order valence-corrected chi connectivity index (χ0v) is 21.4. The van der Waals surface area contributed by atoms with E-state index in [2.05, 4.69) is 0 Å². The molecule has 1 heterocycles. The lowest BCUT2D eigenvalue weighted by atomic mass is 9.83.